The monoisotopic (exact) mass is 372 g/mol. The summed E-state index contributed by atoms with van der Waals surface area (Å²) in [5, 5.41) is 25.9. The zero-order valence-electron chi connectivity index (χ0n) is 17.4. The average molecular weight is 373 g/mol. The predicted octanol–water partition coefficient (Wildman–Crippen LogP) is 5.88. The van der Waals surface area contributed by atoms with E-state index in [1.165, 1.54) is 37.7 Å². The molecule has 0 bridgehead atoms. The Morgan fingerprint density at radius 1 is 1.15 bits per heavy atom. The fraction of sp³-hybridized carbons (Fsp3) is 0.826. The second-order valence-corrected chi connectivity index (χ2v) is 10.3. The van der Waals surface area contributed by atoms with Gasteiger partial charge in [-0.1, -0.05) is 43.1 Å². The van der Waals surface area contributed by atoms with Crippen molar-refractivity contribution in [1.29, 1.82) is 0 Å². The summed E-state index contributed by atoms with van der Waals surface area (Å²) in [5.74, 6) is 3.36. The Kier molecular flexibility index (Phi) is 4.67. The lowest BCUT2D eigenvalue weighted by Gasteiger charge is -2.58. The van der Waals surface area contributed by atoms with Gasteiger partial charge >= 0.3 is 0 Å². The molecule has 7 atom stereocenters. The van der Waals surface area contributed by atoms with Crippen molar-refractivity contribution in [3.63, 3.8) is 0 Å². The molecule has 3 fully saturated rings. The van der Waals surface area contributed by atoms with Crippen LogP contribution in [0.2, 0.25) is 0 Å². The smallest absolute Gasteiger partial charge is 0.0795 e. The number of fused-ring (bicyclic) bond motifs is 5. The van der Waals surface area contributed by atoms with E-state index in [4.69, 9.17) is 0 Å². The van der Waals surface area contributed by atoms with Crippen LogP contribution in [0, 0.1) is 40.4 Å². The van der Waals surface area contributed by atoms with Gasteiger partial charge in [0.05, 0.1) is 11.4 Å². The van der Waals surface area contributed by atoms with Crippen molar-refractivity contribution in [2.24, 2.45) is 50.7 Å². The molecule has 0 radical (unpaired) electrons. The summed E-state index contributed by atoms with van der Waals surface area (Å²) in [6.45, 7) is 9.32. The molecule has 4 aliphatic rings. The normalized spacial score (nSPS) is 48.6. The highest BCUT2D eigenvalue weighted by atomic mass is 16.4. The number of nitrogens with zero attached hydrogens (tertiary/aromatic N) is 2. The molecule has 0 aromatic carbocycles. The Labute approximate surface area is 163 Å². The van der Waals surface area contributed by atoms with E-state index < -0.39 is 0 Å². The highest BCUT2D eigenvalue weighted by Crippen LogP contribution is 2.68. The molecule has 0 spiro atoms. The van der Waals surface area contributed by atoms with Crippen LogP contribution in [0.1, 0.15) is 79.1 Å². The largest absolute Gasteiger partial charge is 0.411 e. The minimum absolute atomic E-state index is 0.276. The van der Waals surface area contributed by atoms with Crippen molar-refractivity contribution < 1.29 is 10.4 Å². The van der Waals surface area contributed by atoms with Crippen LogP contribution in [0.25, 0.3) is 0 Å². The third-order valence-corrected chi connectivity index (χ3v) is 9.41. The Bertz CT molecular complexity index is 696. The van der Waals surface area contributed by atoms with Gasteiger partial charge in [0, 0.05) is 5.92 Å². The molecule has 0 saturated heterocycles. The van der Waals surface area contributed by atoms with Crippen molar-refractivity contribution in [2.45, 2.75) is 79.1 Å². The molecule has 0 aromatic rings. The lowest BCUT2D eigenvalue weighted by atomic mass is 9.46. The summed E-state index contributed by atoms with van der Waals surface area (Å²) in [6.07, 6.45) is 11.6. The lowest BCUT2D eigenvalue weighted by molar-refractivity contribution is -0.0412. The summed E-state index contributed by atoms with van der Waals surface area (Å²) in [4.78, 5) is 0. The quantitative estimate of drug-likeness (QED) is 0.361. The van der Waals surface area contributed by atoms with E-state index in [1.807, 2.05) is 6.92 Å². The zero-order chi connectivity index (χ0) is 19.4. The Hall–Kier alpha value is -1.32. The molecular weight excluding hydrogens is 336 g/mol. The van der Waals surface area contributed by atoms with Crippen LogP contribution in [0.3, 0.4) is 0 Å². The van der Waals surface area contributed by atoms with Crippen LogP contribution < -0.4 is 0 Å². The van der Waals surface area contributed by atoms with E-state index in [-0.39, 0.29) is 10.8 Å². The molecule has 27 heavy (non-hydrogen) atoms. The fourth-order valence-corrected chi connectivity index (χ4v) is 8.11. The minimum atomic E-state index is 0.276. The molecular formula is C23H36N2O2. The molecule has 3 saturated carbocycles. The van der Waals surface area contributed by atoms with Gasteiger partial charge in [0.25, 0.3) is 0 Å². The van der Waals surface area contributed by atoms with Gasteiger partial charge in [-0.3, -0.25) is 0 Å². The first-order valence-electron chi connectivity index (χ1n) is 11.0. The third kappa shape index (κ3) is 2.61. The molecule has 4 rings (SSSR count). The topological polar surface area (TPSA) is 65.2 Å². The third-order valence-electron chi connectivity index (χ3n) is 9.41. The van der Waals surface area contributed by atoms with Crippen molar-refractivity contribution in [2.75, 3.05) is 0 Å². The summed E-state index contributed by atoms with van der Waals surface area (Å²) in [5.41, 5.74) is 3.90. The van der Waals surface area contributed by atoms with Crippen molar-refractivity contribution in [3.05, 3.63) is 11.6 Å². The van der Waals surface area contributed by atoms with Crippen molar-refractivity contribution in [1.82, 2.24) is 0 Å². The molecule has 0 aliphatic heterocycles. The Morgan fingerprint density at radius 3 is 2.59 bits per heavy atom. The maximum Gasteiger partial charge on any atom is 0.0795 e. The number of allylic oxidation sites excluding steroid dienone is 2. The summed E-state index contributed by atoms with van der Waals surface area (Å²) in [7, 11) is 0. The molecule has 0 heterocycles. The average Bonchev–Trinajstić information content (AvgIpc) is 2.99. The number of hydrogen-bond acceptors (Lipinski definition) is 4. The van der Waals surface area contributed by atoms with Gasteiger partial charge in [0.1, 0.15) is 0 Å². The predicted molar refractivity (Wildman–Crippen MR) is 108 cm³/mol. The molecule has 150 valence electrons. The maximum atomic E-state index is 9.54. The minimum Gasteiger partial charge on any atom is -0.411 e. The number of rotatable bonds is 2. The van der Waals surface area contributed by atoms with Crippen LogP contribution in [0.5, 0.6) is 0 Å². The highest BCUT2D eigenvalue weighted by Gasteiger charge is 2.61. The first kappa shape index (κ1) is 19.0. The van der Waals surface area contributed by atoms with Gasteiger partial charge < -0.3 is 10.4 Å². The van der Waals surface area contributed by atoms with Gasteiger partial charge in [0.2, 0.25) is 0 Å². The lowest BCUT2D eigenvalue weighted by Crippen LogP contribution is -2.51. The zero-order valence-corrected chi connectivity index (χ0v) is 17.4. The first-order valence-corrected chi connectivity index (χ1v) is 11.0. The number of hydrogen-bond donors (Lipinski definition) is 2. The first-order chi connectivity index (χ1) is 12.9. The molecule has 0 amide bonds. The van der Waals surface area contributed by atoms with Gasteiger partial charge in [-0.15, -0.1) is 0 Å². The van der Waals surface area contributed by atoms with E-state index in [0.29, 0.717) is 11.8 Å². The summed E-state index contributed by atoms with van der Waals surface area (Å²) < 4.78 is 0. The van der Waals surface area contributed by atoms with Crippen LogP contribution in [-0.2, 0) is 0 Å². The van der Waals surface area contributed by atoms with Crippen LogP contribution in [0.4, 0.5) is 0 Å². The second kappa shape index (κ2) is 6.63. The fourth-order valence-electron chi connectivity index (χ4n) is 8.11. The standard InChI is InChI=1S/C23H36N2O2/c1-5-15-12-20-18-7-6-16-13-17(25-27)8-10-22(16,3)19(18)9-11-23(20,4)21(15)14(2)24-26/h13,15,18-21,26-27H,5-12H2,1-4H3/b24-14+,25-17-/t15-,18-,19+,20-,21+,22+,23+/m1/s1. The van der Waals surface area contributed by atoms with Gasteiger partial charge in [-0.25, -0.2) is 0 Å². The van der Waals surface area contributed by atoms with E-state index >= 15 is 0 Å². The van der Waals surface area contributed by atoms with Gasteiger partial charge in [-0.2, -0.15) is 0 Å². The van der Waals surface area contributed by atoms with Crippen LogP contribution >= 0.6 is 0 Å². The molecule has 4 heteroatoms. The molecule has 4 aliphatic carbocycles. The second-order valence-electron chi connectivity index (χ2n) is 10.3. The summed E-state index contributed by atoms with van der Waals surface area (Å²) >= 11 is 0. The molecule has 0 aromatic heterocycles. The molecule has 4 nitrogen and oxygen atoms in total. The molecule has 2 N–H and O–H groups in total. The summed E-state index contributed by atoms with van der Waals surface area (Å²) in [6, 6.07) is 0. The van der Waals surface area contributed by atoms with Crippen LogP contribution in [0.15, 0.2) is 22.0 Å². The Balaban J connectivity index is 1.68. The Morgan fingerprint density at radius 2 is 1.93 bits per heavy atom. The van der Waals surface area contributed by atoms with E-state index in [1.54, 1.807) is 0 Å². The van der Waals surface area contributed by atoms with Crippen molar-refractivity contribution in [3.8, 4) is 0 Å². The van der Waals surface area contributed by atoms with E-state index in [9.17, 15) is 10.4 Å². The highest BCUT2D eigenvalue weighted by molar-refractivity contribution is 5.96. The number of oxime groups is 2. The van der Waals surface area contributed by atoms with Gasteiger partial charge in [-0.05, 0) is 92.4 Å². The van der Waals surface area contributed by atoms with E-state index in [2.05, 4.69) is 37.2 Å². The van der Waals surface area contributed by atoms with Crippen molar-refractivity contribution >= 4 is 11.4 Å². The van der Waals surface area contributed by atoms with E-state index in [0.717, 1.165) is 48.4 Å². The molecule has 0 unspecified atom stereocenters. The van der Waals surface area contributed by atoms with Gasteiger partial charge in [0.15, 0.2) is 0 Å². The maximum absolute atomic E-state index is 9.54. The van der Waals surface area contributed by atoms with Crippen LogP contribution in [-0.4, -0.2) is 21.8 Å². The SMILES string of the molecule is CC[C@@H]1C[C@@H]2[C@@H]3CCC4=C/C(=N\O)CC[C@]4(C)[C@H]3CC[C@]2(C)[C@H]1/C(C)=N/O.